The topological polar surface area (TPSA) is 29.1 Å². The second-order valence-electron chi connectivity index (χ2n) is 3.60. The highest BCUT2D eigenvalue weighted by atomic mass is 19.1. The van der Waals surface area contributed by atoms with Crippen molar-refractivity contribution < 1.29 is 9.18 Å². The predicted molar refractivity (Wildman–Crippen MR) is 57.0 cm³/mol. The van der Waals surface area contributed by atoms with Gasteiger partial charge in [-0.2, -0.15) is 0 Å². The molecule has 0 saturated heterocycles. The molecule has 1 fully saturated rings. The molecule has 0 radical (unpaired) electrons. The van der Waals surface area contributed by atoms with Gasteiger partial charge in [-0.15, -0.1) is 0 Å². The lowest BCUT2D eigenvalue weighted by molar-refractivity contribution is -0.114. The fraction of sp³-hybridized carbons (Fsp3) is 0.250. The average molecular weight is 205 g/mol. The average Bonchev–Trinajstić information content (AvgIpc) is 2.63. The molecule has 3 heteroatoms. The van der Waals surface area contributed by atoms with Gasteiger partial charge in [0.05, 0.1) is 0 Å². The Balaban J connectivity index is 2.03. The Hall–Kier alpha value is -1.64. The maximum atomic E-state index is 12.6. The van der Waals surface area contributed by atoms with Crippen molar-refractivity contribution in [1.82, 2.24) is 0 Å². The van der Waals surface area contributed by atoms with Gasteiger partial charge in [-0.1, -0.05) is 0 Å². The number of ketones is 1. The molecule has 1 aromatic rings. The van der Waals surface area contributed by atoms with Crippen LogP contribution in [0.3, 0.4) is 0 Å². The SMILES string of the molecule is O=C1CCC/C1=C/Nc1ccc(F)cc1. The number of Topliss-reactive ketones (excluding diaryl/α,β-unsaturated/α-hetero) is 1. The summed E-state index contributed by atoms with van der Waals surface area (Å²) in [5.74, 6) is -0.0465. The number of hydrogen-bond acceptors (Lipinski definition) is 2. The summed E-state index contributed by atoms with van der Waals surface area (Å²) in [4.78, 5) is 11.3. The number of rotatable bonds is 2. The summed E-state index contributed by atoms with van der Waals surface area (Å²) in [7, 11) is 0. The minimum Gasteiger partial charge on any atom is -0.361 e. The first kappa shape index (κ1) is 9.90. The fourth-order valence-corrected chi connectivity index (χ4v) is 1.61. The molecule has 0 aliphatic heterocycles. The second-order valence-corrected chi connectivity index (χ2v) is 3.60. The van der Waals surface area contributed by atoms with E-state index in [4.69, 9.17) is 0 Å². The van der Waals surface area contributed by atoms with Crippen LogP contribution in [0, 0.1) is 5.82 Å². The quantitative estimate of drug-likeness (QED) is 0.752. The van der Waals surface area contributed by atoms with Crippen LogP contribution >= 0.6 is 0 Å². The molecule has 1 aliphatic rings. The number of allylic oxidation sites excluding steroid dienone is 1. The molecule has 0 unspecified atom stereocenters. The maximum absolute atomic E-state index is 12.6. The molecule has 1 aromatic carbocycles. The largest absolute Gasteiger partial charge is 0.361 e. The zero-order chi connectivity index (χ0) is 10.7. The fourth-order valence-electron chi connectivity index (χ4n) is 1.61. The van der Waals surface area contributed by atoms with E-state index in [0.29, 0.717) is 6.42 Å². The molecular formula is C12H12FNO. The van der Waals surface area contributed by atoms with Gasteiger partial charge in [0.15, 0.2) is 5.78 Å². The van der Waals surface area contributed by atoms with Crippen molar-refractivity contribution in [2.45, 2.75) is 19.3 Å². The van der Waals surface area contributed by atoms with Crippen molar-refractivity contribution in [2.75, 3.05) is 5.32 Å². The molecule has 15 heavy (non-hydrogen) atoms. The van der Waals surface area contributed by atoms with Crippen LogP contribution < -0.4 is 5.32 Å². The van der Waals surface area contributed by atoms with Crippen LogP contribution in [0.2, 0.25) is 0 Å². The zero-order valence-electron chi connectivity index (χ0n) is 8.29. The first-order valence-corrected chi connectivity index (χ1v) is 5.00. The van der Waals surface area contributed by atoms with E-state index >= 15 is 0 Å². The van der Waals surface area contributed by atoms with Crippen molar-refractivity contribution in [3.8, 4) is 0 Å². The molecule has 0 bridgehead atoms. The highest BCUT2D eigenvalue weighted by Crippen LogP contribution is 2.20. The van der Waals surface area contributed by atoms with Crippen LogP contribution in [-0.4, -0.2) is 5.78 Å². The Kier molecular flexibility index (Phi) is 2.81. The summed E-state index contributed by atoms with van der Waals surface area (Å²) in [5, 5.41) is 2.99. The molecule has 0 spiro atoms. The van der Waals surface area contributed by atoms with Gasteiger partial charge in [-0.05, 0) is 37.1 Å². The molecule has 2 rings (SSSR count). The summed E-state index contributed by atoms with van der Waals surface area (Å²) in [6.45, 7) is 0. The third-order valence-electron chi connectivity index (χ3n) is 2.47. The summed E-state index contributed by atoms with van der Waals surface area (Å²) in [6, 6.07) is 6.06. The highest BCUT2D eigenvalue weighted by molar-refractivity contribution is 5.97. The molecule has 1 saturated carbocycles. The Morgan fingerprint density at radius 3 is 2.53 bits per heavy atom. The van der Waals surface area contributed by atoms with Gasteiger partial charge in [0.25, 0.3) is 0 Å². The number of carbonyl (C=O) groups is 1. The first-order chi connectivity index (χ1) is 7.25. The summed E-state index contributed by atoms with van der Waals surface area (Å²) in [6.07, 6.45) is 4.16. The number of anilines is 1. The van der Waals surface area contributed by atoms with Crippen molar-refractivity contribution >= 4 is 11.5 Å². The van der Waals surface area contributed by atoms with Crippen LogP contribution in [-0.2, 0) is 4.79 Å². The number of nitrogens with one attached hydrogen (secondary N) is 1. The van der Waals surface area contributed by atoms with Crippen LogP contribution in [0.4, 0.5) is 10.1 Å². The maximum Gasteiger partial charge on any atom is 0.160 e. The molecule has 0 atom stereocenters. The van der Waals surface area contributed by atoms with Gasteiger partial charge in [0.2, 0.25) is 0 Å². The minimum absolute atomic E-state index is 0.213. The number of halogens is 1. The third kappa shape index (κ3) is 2.43. The van der Waals surface area contributed by atoms with E-state index in [0.717, 1.165) is 24.1 Å². The molecule has 78 valence electrons. The van der Waals surface area contributed by atoms with Gasteiger partial charge in [-0.25, -0.2) is 4.39 Å². The number of hydrogen-bond donors (Lipinski definition) is 1. The minimum atomic E-state index is -0.259. The lowest BCUT2D eigenvalue weighted by Gasteiger charge is -2.01. The van der Waals surface area contributed by atoms with Gasteiger partial charge < -0.3 is 5.32 Å². The highest BCUT2D eigenvalue weighted by Gasteiger charge is 2.16. The predicted octanol–water partition coefficient (Wildman–Crippen LogP) is 2.87. The van der Waals surface area contributed by atoms with E-state index in [1.165, 1.54) is 12.1 Å². The van der Waals surface area contributed by atoms with E-state index in [1.807, 2.05) is 0 Å². The van der Waals surface area contributed by atoms with Crippen LogP contribution in [0.5, 0.6) is 0 Å². The Bertz CT molecular complexity index is 395. The standard InChI is InChI=1S/C12H12FNO/c13-10-4-6-11(7-5-10)14-8-9-2-1-3-12(9)15/h4-8,14H,1-3H2/b9-8-. The van der Waals surface area contributed by atoms with E-state index < -0.39 is 0 Å². The van der Waals surface area contributed by atoms with Gasteiger partial charge in [0, 0.05) is 23.9 Å². The lowest BCUT2D eigenvalue weighted by atomic mass is 10.2. The smallest absolute Gasteiger partial charge is 0.160 e. The van der Waals surface area contributed by atoms with Crippen molar-refractivity contribution in [2.24, 2.45) is 0 Å². The van der Waals surface area contributed by atoms with Crippen molar-refractivity contribution in [1.29, 1.82) is 0 Å². The van der Waals surface area contributed by atoms with E-state index in [1.54, 1.807) is 18.3 Å². The Labute approximate surface area is 87.8 Å². The summed E-state index contributed by atoms with van der Waals surface area (Å²) in [5.41, 5.74) is 1.63. The van der Waals surface area contributed by atoms with Gasteiger partial charge in [-0.3, -0.25) is 4.79 Å². The second kappa shape index (κ2) is 4.26. The van der Waals surface area contributed by atoms with Crippen molar-refractivity contribution in [3.63, 3.8) is 0 Å². The zero-order valence-corrected chi connectivity index (χ0v) is 8.29. The molecule has 2 nitrogen and oxygen atoms in total. The lowest BCUT2D eigenvalue weighted by Crippen LogP contribution is -1.96. The van der Waals surface area contributed by atoms with Gasteiger partial charge in [0.1, 0.15) is 5.82 Å². The summed E-state index contributed by atoms with van der Waals surface area (Å²) < 4.78 is 12.6. The monoisotopic (exact) mass is 205 g/mol. The Morgan fingerprint density at radius 2 is 1.93 bits per heavy atom. The van der Waals surface area contributed by atoms with E-state index in [-0.39, 0.29) is 11.6 Å². The van der Waals surface area contributed by atoms with Crippen LogP contribution in [0.25, 0.3) is 0 Å². The molecule has 1 aliphatic carbocycles. The van der Waals surface area contributed by atoms with Crippen LogP contribution in [0.1, 0.15) is 19.3 Å². The molecular weight excluding hydrogens is 193 g/mol. The molecule has 1 N–H and O–H groups in total. The number of benzene rings is 1. The third-order valence-corrected chi connectivity index (χ3v) is 2.47. The molecule has 0 aromatic heterocycles. The molecule has 0 amide bonds. The van der Waals surface area contributed by atoms with Gasteiger partial charge >= 0.3 is 0 Å². The van der Waals surface area contributed by atoms with Crippen LogP contribution in [0.15, 0.2) is 36.0 Å². The summed E-state index contributed by atoms with van der Waals surface area (Å²) >= 11 is 0. The van der Waals surface area contributed by atoms with E-state index in [9.17, 15) is 9.18 Å². The first-order valence-electron chi connectivity index (χ1n) is 5.00. The Morgan fingerprint density at radius 1 is 1.20 bits per heavy atom. The normalized spacial score (nSPS) is 18.5. The molecule has 0 heterocycles. The van der Waals surface area contributed by atoms with Crippen molar-refractivity contribution in [3.05, 3.63) is 41.9 Å². The van der Waals surface area contributed by atoms with E-state index in [2.05, 4.69) is 5.32 Å². The number of carbonyl (C=O) groups excluding carboxylic acids is 1.